The van der Waals surface area contributed by atoms with Gasteiger partial charge in [-0.2, -0.15) is 0 Å². The van der Waals surface area contributed by atoms with Crippen LogP contribution in [0.4, 0.5) is 0 Å². The maximum absolute atomic E-state index is 13.0. The normalized spacial score (nSPS) is 11.4. The van der Waals surface area contributed by atoms with Gasteiger partial charge in [-0.3, -0.25) is 4.79 Å². The summed E-state index contributed by atoms with van der Waals surface area (Å²) in [5, 5.41) is 4.26. The summed E-state index contributed by atoms with van der Waals surface area (Å²) < 4.78 is 16.5. The smallest absolute Gasteiger partial charge is 0.252 e. The van der Waals surface area contributed by atoms with Gasteiger partial charge in [0.15, 0.2) is 0 Å². The van der Waals surface area contributed by atoms with Crippen LogP contribution in [0.2, 0.25) is 0 Å². The third kappa shape index (κ3) is 5.34. The predicted molar refractivity (Wildman–Crippen MR) is 149 cm³/mol. The highest BCUT2D eigenvalue weighted by molar-refractivity contribution is 6.05. The zero-order chi connectivity index (χ0) is 24.2. The van der Waals surface area contributed by atoms with E-state index < -0.39 is 0 Å². The molecule has 0 aliphatic heterocycles. The molecule has 2 aromatic heterocycles. The highest BCUT2D eigenvalue weighted by atomic mass is 35.5. The summed E-state index contributed by atoms with van der Waals surface area (Å²) in [5.41, 5.74) is 6.19. The molecule has 36 heavy (non-hydrogen) atoms. The first kappa shape index (κ1) is 26.0. The van der Waals surface area contributed by atoms with Gasteiger partial charge in [0.1, 0.15) is 11.2 Å². The van der Waals surface area contributed by atoms with Crippen molar-refractivity contribution in [2.24, 2.45) is 0 Å². The molecule has 0 amide bonds. The number of aromatic nitrogens is 1. The third-order valence-corrected chi connectivity index (χ3v) is 6.74. The van der Waals surface area contributed by atoms with Crippen LogP contribution in [0.15, 0.2) is 70.0 Å². The van der Waals surface area contributed by atoms with Crippen molar-refractivity contribution in [3.63, 3.8) is 0 Å². The quantitative estimate of drug-likeness (QED) is 0.217. The van der Waals surface area contributed by atoms with Crippen molar-refractivity contribution in [2.75, 3.05) is 27.4 Å². The van der Waals surface area contributed by atoms with Gasteiger partial charge in [-0.15, -0.1) is 12.4 Å². The van der Waals surface area contributed by atoms with E-state index in [-0.39, 0.29) is 18.0 Å². The van der Waals surface area contributed by atoms with Gasteiger partial charge in [0.2, 0.25) is 0 Å². The van der Waals surface area contributed by atoms with Crippen molar-refractivity contribution in [3.05, 3.63) is 93.4 Å². The second kappa shape index (κ2) is 11.7. The second-order valence-corrected chi connectivity index (χ2v) is 9.10. The lowest BCUT2D eigenvalue weighted by Crippen LogP contribution is -2.13. The van der Waals surface area contributed by atoms with Gasteiger partial charge < -0.3 is 18.9 Å². The Kier molecular flexibility index (Phi) is 8.47. The number of halogens is 1. The van der Waals surface area contributed by atoms with E-state index in [4.69, 9.17) is 13.9 Å². The number of rotatable bonds is 10. The number of para-hydroxylation sites is 1. The monoisotopic (exact) mass is 505 g/mol. The molecule has 0 aliphatic carbocycles. The van der Waals surface area contributed by atoms with Crippen LogP contribution in [0.1, 0.15) is 35.1 Å². The van der Waals surface area contributed by atoms with Crippen LogP contribution in [0.25, 0.3) is 32.7 Å². The van der Waals surface area contributed by atoms with E-state index in [1.165, 1.54) is 11.1 Å². The number of hydrogen-bond donors (Lipinski definition) is 1. The van der Waals surface area contributed by atoms with Crippen LogP contribution in [-0.2, 0) is 28.7 Å². The number of benzene rings is 3. The van der Waals surface area contributed by atoms with Crippen molar-refractivity contribution in [2.45, 2.75) is 32.1 Å². The molecule has 0 atom stereocenters. The molecule has 0 spiro atoms. The first-order valence-corrected chi connectivity index (χ1v) is 12.2. The van der Waals surface area contributed by atoms with Gasteiger partial charge in [-0.25, -0.2) is 0 Å². The summed E-state index contributed by atoms with van der Waals surface area (Å²) in [6.45, 7) is 1.45. The van der Waals surface area contributed by atoms with Crippen LogP contribution in [0.5, 0.6) is 0 Å². The van der Waals surface area contributed by atoms with Crippen molar-refractivity contribution >= 4 is 45.1 Å². The molecular formula is C30H32ClNO4. The average molecular weight is 506 g/mol. The van der Waals surface area contributed by atoms with E-state index in [1.54, 1.807) is 14.2 Å². The lowest BCUT2D eigenvalue weighted by atomic mass is 9.92. The summed E-state index contributed by atoms with van der Waals surface area (Å²) in [4.78, 5) is 16.0. The Balaban J connectivity index is 0.00000304. The molecule has 2 heterocycles. The predicted octanol–water partition coefficient (Wildman–Crippen LogP) is 6.60. The molecule has 0 saturated heterocycles. The Morgan fingerprint density at radius 1 is 0.806 bits per heavy atom. The topological polar surface area (TPSA) is 64.5 Å². The van der Waals surface area contributed by atoms with E-state index >= 15 is 0 Å². The largest absolute Gasteiger partial charge is 0.456 e. The van der Waals surface area contributed by atoms with Crippen molar-refractivity contribution < 1.29 is 13.9 Å². The van der Waals surface area contributed by atoms with E-state index in [0.29, 0.717) is 6.42 Å². The summed E-state index contributed by atoms with van der Waals surface area (Å²) in [6.07, 6.45) is 6.18. The number of ether oxygens (including phenoxy) is 2. The number of pyridine rings is 1. The number of hydrogen-bond acceptors (Lipinski definition) is 4. The van der Waals surface area contributed by atoms with Crippen molar-refractivity contribution in [1.29, 1.82) is 0 Å². The van der Waals surface area contributed by atoms with E-state index in [2.05, 4.69) is 35.3 Å². The number of nitrogens with one attached hydrogen (secondary N) is 1. The van der Waals surface area contributed by atoms with Crippen LogP contribution < -0.4 is 5.56 Å². The van der Waals surface area contributed by atoms with Crippen LogP contribution in [-0.4, -0.2) is 32.4 Å². The minimum atomic E-state index is -0.0374. The van der Waals surface area contributed by atoms with Crippen LogP contribution >= 0.6 is 12.4 Å². The van der Waals surface area contributed by atoms with Gasteiger partial charge >= 0.3 is 0 Å². The molecule has 5 rings (SSSR count). The fraction of sp³-hybridized carbons (Fsp3) is 0.300. The van der Waals surface area contributed by atoms with Crippen molar-refractivity contribution in [1.82, 2.24) is 4.98 Å². The Morgan fingerprint density at radius 3 is 2.25 bits per heavy atom. The van der Waals surface area contributed by atoms with E-state index in [1.807, 2.05) is 30.5 Å². The molecule has 0 radical (unpaired) electrons. The number of furan rings is 1. The molecule has 0 unspecified atom stereocenters. The molecule has 0 aliphatic rings. The average Bonchev–Trinajstić information content (AvgIpc) is 3.24. The molecule has 6 heteroatoms. The summed E-state index contributed by atoms with van der Waals surface area (Å²) >= 11 is 0. The minimum Gasteiger partial charge on any atom is -0.456 e. The maximum atomic E-state index is 13.0. The number of aromatic amines is 1. The molecule has 188 valence electrons. The molecule has 0 bridgehead atoms. The van der Waals surface area contributed by atoms with Gasteiger partial charge in [0.25, 0.3) is 5.56 Å². The van der Waals surface area contributed by atoms with E-state index in [0.717, 1.165) is 82.7 Å². The number of fused-ring (bicyclic) bond motifs is 4. The number of H-pyrrole nitrogens is 1. The molecular weight excluding hydrogens is 474 g/mol. The van der Waals surface area contributed by atoms with Gasteiger partial charge in [-0.1, -0.05) is 30.3 Å². The SMILES string of the molecule is COCCCc1cc2c[nH]c(=O)c(Cc3ccc4oc5ccccc5c4c3)c2cc1CCCOC.Cl. The summed E-state index contributed by atoms with van der Waals surface area (Å²) in [5.74, 6) is 0. The zero-order valence-electron chi connectivity index (χ0n) is 20.8. The second-order valence-electron chi connectivity index (χ2n) is 9.10. The van der Waals surface area contributed by atoms with Gasteiger partial charge in [0, 0.05) is 56.4 Å². The molecule has 0 fully saturated rings. The Hall–Kier alpha value is -3.12. The lowest BCUT2D eigenvalue weighted by Gasteiger charge is -2.14. The standard InChI is InChI=1S/C30H31NO4.ClH/c1-33-13-5-7-21-17-23-19-31-30(32)27(25(23)18-22(21)8-6-14-34-2)16-20-11-12-29-26(15-20)24-9-3-4-10-28(24)35-29;/h3-4,9-12,15,17-19H,5-8,13-14,16H2,1-2H3,(H,31,32);1H. The number of aryl methyl sites for hydroxylation is 2. The number of methoxy groups -OCH3 is 2. The highest BCUT2D eigenvalue weighted by Crippen LogP contribution is 2.30. The summed E-state index contributed by atoms with van der Waals surface area (Å²) in [7, 11) is 3.47. The van der Waals surface area contributed by atoms with Gasteiger partial charge in [-0.05, 0) is 77.4 Å². The third-order valence-electron chi connectivity index (χ3n) is 6.74. The molecule has 5 nitrogen and oxygen atoms in total. The lowest BCUT2D eigenvalue weighted by molar-refractivity contribution is 0.194. The minimum absolute atomic E-state index is 0. The molecule has 0 saturated carbocycles. The first-order valence-electron chi connectivity index (χ1n) is 12.2. The Morgan fingerprint density at radius 2 is 1.50 bits per heavy atom. The van der Waals surface area contributed by atoms with Gasteiger partial charge in [0.05, 0.1) is 0 Å². The Labute approximate surface area is 216 Å². The van der Waals surface area contributed by atoms with Crippen LogP contribution in [0.3, 0.4) is 0 Å². The highest BCUT2D eigenvalue weighted by Gasteiger charge is 2.14. The molecule has 3 aromatic carbocycles. The van der Waals surface area contributed by atoms with E-state index in [9.17, 15) is 4.79 Å². The molecule has 1 N–H and O–H groups in total. The van der Waals surface area contributed by atoms with Crippen molar-refractivity contribution in [3.8, 4) is 0 Å². The summed E-state index contributed by atoms with van der Waals surface area (Å²) in [6, 6.07) is 18.7. The fourth-order valence-electron chi connectivity index (χ4n) is 4.98. The fourth-order valence-corrected chi connectivity index (χ4v) is 4.98. The zero-order valence-corrected chi connectivity index (χ0v) is 21.6. The van der Waals surface area contributed by atoms with Crippen LogP contribution in [0, 0.1) is 0 Å². The first-order chi connectivity index (χ1) is 17.2. The Bertz CT molecular complexity index is 1540. The molecule has 5 aromatic rings. The maximum Gasteiger partial charge on any atom is 0.252 e.